The van der Waals surface area contributed by atoms with E-state index in [1.165, 1.54) is 11.9 Å². The van der Waals surface area contributed by atoms with Crippen molar-refractivity contribution < 1.29 is 4.79 Å². The smallest absolute Gasteiger partial charge is 0.274 e. The largest absolute Gasteiger partial charge is 0.323 e. The van der Waals surface area contributed by atoms with Crippen LogP contribution in [0.5, 0.6) is 0 Å². The molecule has 1 unspecified atom stereocenters. The molecule has 6 heteroatoms. The minimum Gasteiger partial charge on any atom is -0.323 e. The number of amides is 1. The van der Waals surface area contributed by atoms with Gasteiger partial charge in [-0.15, -0.1) is 0 Å². The number of halogens is 1. The van der Waals surface area contributed by atoms with E-state index in [4.69, 9.17) is 11.6 Å². The highest BCUT2D eigenvalue weighted by Gasteiger charge is 2.28. The van der Waals surface area contributed by atoms with E-state index in [-0.39, 0.29) is 11.9 Å². The molecule has 26 heavy (non-hydrogen) atoms. The molecule has 0 spiro atoms. The molecule has 2 aromatic carbocycles. The second-order valence-electron chi connectivity index (χ2n) is 6.27. The minimum atomic E-state index is -0.281. The number of hydrogen-bond acceptors (Lipinski definition) is 4. The van der Waals surface area contributed by atoms with Gasteiger partial charge in [0, 0.05) is 28.5 Å². The van der Waals surface area contributed by atoms with Crippen molar-refractivity contribution in [1.29, 1.82) is 0 Å². The van der Waals surface area contributed by atoms with Crippen molar-refractivity contribution >= 4 is 34.7 Å². The Labute approximate surface area is 156 Å². The lowest BCUT2D eigenvalue weighted by Gasteiger charge is -2.23. The standard InChI is InChI=1S/C20H17ClN4O/c1-13-10-14-4-2-3-5-18(14)25(13)19-11-17(22-12-23-19)20(26)24-16-8-6-15(21)7-9-16/h2-9,11-13H,10H2,1H3,(H,24,26). The van der Waals surface area contributed by atoms with E-state index in [1.807, 2.05) is 12.1 Å². The maximum absolute atomic E-state index is 12.5. The van der Waals surface area contributed by atoms with Gasteiger partial charge in [-0.25, -0.2) is 9.97 Å². The number of anilines is 3. The van der Waals surface area contributed by atoms with E-state index < -0.39 is 0 Å². The normalized spacial score (nSPS) is 15.6. The molecular formula is C20H17ClN4O. The number of para-hydroxylation sites is 1. The molecule has 130 valence electrons. The second-order valence-corrected chi connectivity index (χ2v) is 6.71. The van der Waals surface area contributed by atoms with Gasteiger partial charge in [-0.1, -0.05) is 29.8 Å². The molecule has 3 aromatic rings. The van der Waals surface area contributed by atoms with Gasteiger partial charge in [-0.3, -0.25) is 4.79 Å². The molecule has 0 saturated heterocycles. The third-order valence-corrected chi connectivity index (χ3v) is 4.69. The Morgan fingerprint density at radius 3 is 2.73 bits per heavy atom. The first-order valence-corrected chi connectivity index (χ1v) is 8.76. The predicted molar refractivity (Wildman–Crippen MR) is 103 cm³/mol. The Balaban J connectivity index is 1.61. The molecule has 2 heterocycles. The molecule has 1 aliphatic heterocycles. The van der Waals surface area contributed by atoms with Crippen LogP contribution in [0.15, 0.2) is 60.9 Å². The number of fused-ring (bicyclic) bond motifs is 1. The topological polar surface area (TPSA) is 58.1 Å². The molecule has 0 fully saturated rings. The van der Waals surface area contributed by atoms with Gasteiger partial charge >= 0.3 is 0 Å². The Morgan fingerprint density at radius 2 is 1.92 bits per heavy atom. The molecule has 0 aliphatic carbocycles. The summed E-state index contributed by atoms with van der Waals surface area (Å²) in [6, 6.07) is 17.2. The number of nitrogens with one attached hydrogen (secondary N) is 1. The highest BCUT2D eigenvalue weighted by Crippen LogP contribution is 2.37. The molecule has 1 N–H and O–H groups in total. The number of nitrogens with zero attached hydrogens (tertiary/aromatic N) is 3. The van der Waals surface area contributed by atoms with Gasteiger partial charge in [-0.2, -0.15) is 0 Å². The molecule has 0 saturated carbocycles. The fraction of sp³-hybridized carbons (Fsp3) is 0.150. The zero-order chi connectivity index (χ0) is 18.1. The summed E-state index contributed by atoms with van der Waals surface area (Å²) in [7, 11) is 0. The predicted octanol–water partition coefficient (Wildman–Crippen LogP) is 4.47. The Hall–Kier alpha value is -2.92. The third kappa shape index (κ3) is 3.13. The fourth-order valence-electron chi connectivity index (χ4n) is 3.25. The lowest BCUT2D eigenvalue weighted by atomic mass is 10.1. The van der Waals surface area contributed by atoms with Crippen LogP contribution in [-0.4, -0.2) is 21.9 Å². The first-order valence-electron chi connectivity index (χ1n) is 8.38. The molecule has 5 nitrogen and oxygen atoms in total. The average molecular weight is 365 g/mol. The van der Waals surface area contributed by atoms with E-state index in [9.17, 15) is 4.79 Å². The van der Waals surface area contributed by atoms with Gasteiger partial charge in [0.15, 0.2) is 0 Å². The van der Waals surface area contributed by atoms with Crippen LogP contribution in [0.25, 0.3) is 0 Å². The summed E-state index contributed by atoms with van der Waals surface area (Å²) in [5, 5.41) is 3.45. The molecule has 0 radical (unpaired) electrons. The van der Waals surface area contributed by atoms with Gasteiger partial charge in [0.05, 0.1) is 0 Å². The number of aromatic nitrogens is 2. The number of benzene rings is 2. The van der Waals surface area contributed by atoms with E-state index in [2.05, 4.69) is 39.2 Å². The van der Waals surface area contributed by atoms with Crippen LogP contribution in [0, 0.1) is 0 Å². The van der Waals surface area contributed by atoms with Crippen molar-refractivity contribution in [3.8, 4) is 0 Å². The molecule has 1 aliphatic rings. The van der Waals surface area contributed by atoms with Crippen molar-refractivity contribution in [3.63, 3.8) is 0 Å². The van der Waals surface area contributed by atoms with Gasteiger partial charge in [-0.05, 0) is 49.2 Å². The van der Waals surface area contributed by atoms with Gasteiger partial charge in [0.2, 0.25) is 0 Å². The summed E-state index contributed by atoms with van der Waals surface area (Å²) in [4.78, 5) is 23.2. The van der Waals surface area contributed by atoms with Crippen molar-refractivity contribution in [2.75, 3.05) is 10.2 Å². The quantitative estimate of drug-likeness (QED) is 0.745. The molecule has 1 atom stereocenters. The lowest BCUT2D eigenvalue weighted by Crippen LogP contribution is -2.25. The highest BCUT2D eigenvalue weighted by atomic mass is 35.5. The molecule has 0 bridgehead atoms. The van der Waals surface area contributed by atoms with Crippen molar-refractivity contribution in [2.45, 2.75) is 19.4 Å². The van der Waals surface area contributed by atoms with Crippen LogP contribution in [0.1, 0.15) is 23.0 Å². The summed E-state index contributed by atoms with van der Waals surface area (Å²) in [6.45, 7) is 2.15. The zero-order valence-electron chi connectivity index (χ0n) is 14.2. The Morgan fingerprint density at radius 1 is 1.15 bits per heavy atom. The maximum Gasteiger partial charge on any atom is 0.274 e. The van der Waals surface area contributed by atoms with Crippen LogP contribution < -0.4 is 10.2 Å². The van der Waals surface area contributed by atoms with E-state index in [0.717, 1.165) is 17.9 Å². The first-order chi connectivity index (χ1) is 12.6. The Bertz CT molecular complexity index is 958. The van der Waals surface area contributed by atoms with Gasteiger partial charge in [0.1, 0.15) is 17.8 Å². The average Bonchev–Trinajstić information content (AvgIpc) is 2.99. The van der Waals surface area contributed by atoms with Crippen LogP contribution in [0.2, 0.25) is 5.02 Å². The van der Waals surface area contributed by atoms with Crippen molar-refractivity contribution in [2.24, 2.45) is 0 Å². The number of carbonyl (C=O) groups is 1. The molecular weight excluding hydrogens is 348 g/mol. The molecule has 4 rings (SSSR count). The number of carbonyl (C=O) groups excluding carboxylic acids is 1. The highest BCUT2D eigenvalue weighted by molar-refractivity contribution is 6.30. The summed E-state index contributed by atoms with van der Waals surface area (Å²) in [5.41, 5.74) is 3.40. The van der Waals surface area contributed by atoms with Gasteiger partial charge in [0.25, 0.3) is 5.91 Å². The summed E-state index contributed by atoms with van der Waals surface area (Å²) in [5.74, 6) is 0.440. The fourth-order valence-corrected chi connectivity index (χ4v) is 3.37. The third-order valence-electron chi connectivity index (χ3n) is 4.44. The first kappa shape index (κ1) is 16.5. The summed E-state index contributed by atoms with van der Waals surface area (Å²) < 4.78 is 0. The summed E-state index contributed by atoms with van der Waals surface area (Å²) >= 11 is 5.87. The molecule has 1 aromatic heterocycles. The van der Waals surface area contributed by atoms with Gasteiger partial charge < -0.3 is 10.2 Å². The second kappa shape index (κ2) is 6.77. The minimum absolute atomic E-state index is 0.273. The van der Waals surface area contributed by atoms with Crippen LogP contribution in [-0.2, 0) is 6.42 Å². The lowest BCUT2D eigenvalue weighted by molar-refractivity contribution is 0.102. The SMILES string of the molecule is CC1Cc2ccccc2N1c1cc(C(=O)Nc2ccc(Cl)cc2)ncn1. The van der Waals surface area contributed by atoms with Crippen LogP contribution in [0.4, 0.5) is 17.2 Å². The van der Waals surface area contributed by atoms with Crippen molar-refractivity contribution in [3.05, 3.63) is 77.2 Å². The van der Waals surface area contributed by atoms with Crippen molar-refractivity contribution in [1.82, 2.24) is 9.97 Å². The van der Waals surface area contributed by atoms with E-state index in [1.54, 1.807) is 30.3 Å². The summed E-state index contributed by atoms with van der Waals surface area (Å²) in [6.07, 6.45) is 2.38. The van der Waals surface area contributed by atoms with Crippen LogP contribution in [0.3, 0.4) is 0 Å². The van der Waals surface area contributed by atoms with Crippen LogP contribution >= 0.6 is 11.6 Å². The number of hydrogen-bond donors (Lipinski definition) is 1. The number of rotatable bonds is 3. The zero-order valence-corrected chi connectivity index (χ0v) is 14.9. The Kier molecular flexibility index (Phi) is 4.31. The maximum atomic E-state index is 12.5. The van der Waals surface area contributed by atoms with E-state index >= 15 is 0 Å². The van der Waals surface area contributed by atoms with E-state index in [0.29, 0.717) is 16.4 Å². The monoisotopic (exact) mass is 364 g/mol. The molecule has 1 amide bonds.